The summed E-state index contributed by atoms with van der Waals surface area (Å²) in [5.74, 6) is -0.191. The van der Waals surface area contributed by atoms with Gasteiger partial charge in [-0.15, -0.1) is 9.66 Å². The van der Waals surface area contributed by atoms with Gasteiger partial charge < -0.3 is 0 Å². The third-order valence-electron chi connectivity index (χ3n) is 1.30. The fraction of sp³-hybridized carbons (Fsp3) is 1.00. The minimum Gasteiger partial charge on any atom is -0.211 e. The van der Waals surface area contributed by atoms with Gasteiger partial charge >= 0.3 is 0 Å². The van der Waals surface area contributed by atoms with Crippen LogP contribution in [0.25, 0.3) is 0 Å². The summed E-state index contributed by atoms with van der Waals surface area (Å²) in [7, 11) is -7.05. The topological polar surface area (TPSA) is 92.3 Å². The molecule has 0 saturated carbocycles. The first kappa shape index (κ1) is 13.8. The van der Waals surface area contributed by atoms with Crippen LogP contribution in [-0.4, -0.2) is 28.3 Å². The van der Waals surface area contributed by atoms with Gasteiger partial charge in [-0.3, -0.25) is 0 Å². The molecule has 0 aromatic carbocycles. The van der Waals surface area contributed by atoms with Crippen molar-refractivity contribution in [3.8, 4) is 0 Å². The van der Waals surface area contributed by atoms with Crippen LogP contribution in [0.4, 0.5) is 0 Å². The van der Waals surface area contributed by atoms with Crippen LogP contribution >= 0.6 is 0 Å². The summed E-state index contributed by atoms with van der Waals surface area (Å²) in [5, 5.41) is 0. The van der Waals surface area contributed by atoms with Gasteiger partial charge in [-0.25, -0.2) is 16.8 Å². The van der Waals surface area contributed by atoms with Crippen LogP contribution in [0.3, 0.4) is 0 Å². The zero-order valence-electron chi connectivity index (χ0n) is 8.28. The highest BCUT2D eigenvalue weighted by atomic mass is 32.2. The number of rotatable bonds is 7. The third-order valence-corrected chi connectivity index (χ3v) is 4.15. The Kier molecular flexibility index (Phi) is 5.57. The van der Waals surface area contributed by atoms with Crippen molar-refractivity contribution < 1.29 is 16.8 Å². The minimum atomic E-state index is -3.52. The summed E-state index contributed by atoms with van der Waals surface area (Å²) < 4.78 is 44.2. The van der Waals surface area contributed by atoms with Crippen LogP contribution in [0.2, 0.25) is 0 Å². The van der Waals surface area contributed by atoms with Gasteiger partial charge in [-0.2, -0.15) is 0 Å². The molecular weight excluding hydrogens is 228 g/mol. The molecule has 0 aromatic rings. The van der Waals surface area contributed by atoms with Crippen molar-refractivity contribution in [3.05, 3.63) is 0 Å². The highest BCUT2D eigenvalue weighted by Gasteiger charge is 2.13. The molecule has 0 fully saturated rings. The van der Waals surface area contributed by atoms with E-state index < -0.39 is 20.0 Å². The highest BCUT2D eigenvalue weighted by molar-refractivity contribution is 7.92. The molecule has 6 nitrogen and oxygen atoms in total. The molecule has 0 unspecified atom stereocenters. The van der Waals surface area contributed by atoms with Crippen LogP contribution in [0.1, 0.15) is 26.7 Å². The maximum absolute atomic E-state index is 11.0. The molecule has 0 aliphatic rings. The molecule has 0 spiro atoms. The average Bonchev–Trinajstić information content (AvgIpc) is 2.01. The first-order valence-electron chi connectivity index (χ1n) is 4.32. The van der Waals surface area contributed by atoms with Crippen LogP contribution in [0.15, 0.2) is 0 Å². The lowest BCUT2D eigenvalue weighted by Gasteiger charge is -2.07. The van der Waals surface area contributed by atoms with Gasteiger partial charge in [-0.1, -0.05) is 13.8 Å². The SMILES string of the molecule is CCCS(=O)(=O)NNS(=O)(=O)CCC. The summed E-state index contributed by atoms with van der Waals surface area (Å²) in [4.78, 5) is 3.64. The van der Waals surface area contributed by atoms with Crippen molar-refractivity contribution in [1.82, 2.24) is 9.66 Å². The Morgan fingerprint density at radius 1 is 0.786 bits per heavy atom. The smallest absolute Gasteiger partial charge is 0.211 e. The number of hydrazine groups is 1. The second-order valence-electron chi connectivity index (χ2n) is 2.84. The predicted octanol–water partition coefficient (Wildman–Crippen LogP) is -0.440. The third kappa shape index (κ3) is 6.30. The van der Waals surface area contributed by atoms with E-state index in [1.165, 1.54) is 0 Å². The van der Waals surface area contributed by atoms with Gasteiger partial charge in [0.15, 0.2) is 0 Å². The van der Waals surface area contributed by atoms with Crippen molar-refractivity contribution in [1.29, 1.82) is 0 Å². The van der Waals surface area contributed by atoms with Gasteiger partial charge in [0.1, 0.15) is 0 Å². The summed E-state index contributed by atoms with van der Waals surface area (Å²) >= 11 is 0. The van der Waals surface area contributed by atoms with Crippen molar-refractivity contribution in [2.75, 3.05) is 11.5 Å². The highest BCUT2D eigenvalue weighted by Crippen LogP contribution is 1.89. The van der Waals surface area contributed by atoms with Gasteiger partial charge in [-0.05, 0) is 12.8 Å². The van der Waals surface area contributed by atoms with E-state index in [4.69, 9.17) is 0 Å². The van der Waals surface area contributed by atoms with E-state index in [-0.39, 0.29) is 11.5 Å². The Morgan fingerprint density at radius 2 is 1.07 bits per heavy atom. The normalized spacial score (nSPS) is 13.0. The molecule has 8 heteroatoms. The fourth-order valence-electron chi connectivity index (χ4n) is 0.766. The molecule has 0 saturated heterocycles. The number of sulfonamides is 2. The fourth-order valence-corrected chi connectivity index (χ4v) is 3.06. The zero-order chi connectivity index (χ0) is 11.2. The summed E-state index contributed by atoms with van der Waals surface area (Å²) in [5.41, 5.74) is 0. The molecule has 0 aromatic heterocycles. The van der Waals surface area contributed by atoms with Crippen molar-refractivity contribution in [3.63, 3.8) is 0 Å². The Hall–Kier alpha value is -0.180. The first-order valence-corrected chi connectivity index (χ1v) is 7.62. The Balaban J connectivity index is 4.19. The largest absolute Gasteiger partial charge is 0.225 e. The standard InChI is InChI=1S/C6H16N2O4S2/c1-3-5-13(9,10)7-8-14(11,12)6-4-2/h7-8H,3-6H2,1-2H3. The lowest BCUT2D eigenvalue weighted by molar-refractivity contribution is 0.556. The molecule has 0 atom stereocenters. The van der Waals surface area contributed by atoms with E-state index in [0.29, 0.717) is 12.8 Å². The van der Waals surface area contributed by atoms with Gasteiger partial charge in [0.25, 0.3) is 0 Å². The lowest BCUT2D eigenvalue weighted by Crippen LogP contribution is -2.43. The van der Waals surface area contributed by atoms with Gasteiger partial charge in [0.05, 0.1) is 11.5 Å². The summed E-state index contributed by atoms with van der Waals surface area (Å²) in [6, 6.07) is 0. The van der Waals surface area contributed by atoms with Crippen molar-refractivity contribution >= 4 is 20.0 Å². The monoisotopic (exact) mass is 244 g/mol. The van der Waals surface area contributed by atoms with Gasteiger partial charge in [0, 0.05) is 0 Å². The average molecular weight is 244 g/mol. The van der Waals surface area contributed by atoms with Crippen LogP contribution in [-0.2, 0) is 20.0 Å². The van der Waals surface area contributed by atoms with E-state index in [9.17, 15) is 16.8 Å². The molecule has 0 heterocycles. The molecule has 2 N–H and O–H groups in total. The molecule has 0 bridgehead atoms. The first-order chi connectivity index (χ1) is 6.33. The van der Waals surface area contributed by atoms with E-state index >= 15 is 0 Å². The Labute approximate surface area is 85.2 Å². The van der Waals surface area contributed by atoms with Crippen molar-refractivity contribution in [2.45, 2.75) is 26.7 Å². The molecule has 0 amide bonds. The van der Waals surface area contributed by atoms with E-state index in [1.807, 2.05) is 9.66 Å². The quantitative estimate of drug-likeness (QED) is 0.594. The Bertz CT molecular complexity index is 310. The molecule has 0 rings (SSSR count). The van der Waals surface area contributed by atoms with E-state index in [1.54, 1.807) is 13.8 Å². The van der Waals surface area contributed by atoms with Crippen LogP contribution in [0.5, 0.6) is 0 Å². The lowest BCUT2D eigenvalue weighted by atomic mass is 10.6. The maximum Gasteiger partial charge on any atom is 0.225 e. The minimum absolute atomic E-state index is 0.0956. The van der Waals surface area contributed by atoms with Crippen LogP contribution in [0, 0.1) is 0 Å². The Morgan fingerprint density at radius 3 is 1.29 bits per heavy atom. The zero-order valence-corrected chi connectivity index (χ0v) is 9.91. The summed E-state index contributed by atoms with van der Waals surface area (Å²) in [6.07, 6.45) is 0.871. The maximum atomic E-state index is 11.0. The number of hydrogen-bond donors (Lipinski definition) is 2. The molecule has 86 valence electrons. The second kappa shape index (κ2) is 5.64. The van der Waals surface area contributed by atoms with Crippen molar-refractivity contribution in [2.24, 2.45) is 0 Å². The second-order valence-corrected chi connectivity index (χ2v) is 6.53. The molecule has 0 aliphatic carbocycles. The molecule has 0 radical (unpaired) electrons. The van der Waals surface area contributed by atoms with E-state index in [2.05, 4.69) is 0 Å². The number of nitrogens with one attached hydrogen (secondary N) is 2. The van der Waals surface area contributed by atoms with E-state index in [0.717, 1.165) is 0 Å². The summed E-state index contributed by atoms with van der Waals surface area (Å²) in [6.45, 7) is 3.39. The molecule has 0 aliphatic heterocycles. The molecule has 14 heavy (non-hydrogen) atoms. The number of hydrogen-bond acceptors (Lipinski definition) is 4. The van der Waals surface area contributed by atoms with Gasteiger partial charge in [0.2, 0.25) is 20.0 Å². The predicted molar refractivity (Wildman–Crippen MR) is 54.4 cm³/mol. The van der Waals surface area contributed by atoms with Crippen LogP contribution < -0.4 is 9.66 Å². The molecular formula is C6H16N2O4S2.